The molecule has 4 N–H and O–H groups in total. The quantitative estimate of drug-likeness (QED) is 0.124. The number of nitrogens with two attached hydrogens (primary N) is 1. The van der Waals surface area contributed by atoms with Gasteiger partial charge in [0.1, 0.15) is 28.4 Å². The third-order valence-corrected chi connectivity index (χ3v) is 14.6. The fourth-order valence-corrected chi connectivity index (χ4v) is 10.9. The number of nitrogens with one attached hydrogen (secondary N) is 1. The maximum absolute atomic E-state index is 14.9. The van der Waals surface area contributed by atoms with Crippen LogP contribution in [-0.2, 0) is 24.2 Å². The molecule has 0 bridgehead atoms. The first-order chi connectivity index (χ1) is 35.8. The molecule has 3 aliphatic heterocycles. The van der Waals surface area contributed by atoms with Gasteiger partial charge in [-0.25, -0.2) is 33.1 Å². The lowest BCUT2D eigenvalue weighted by Gasteiger charge is -2.47. The summed E-state index contributed by atoms with van der Waals surface area (Å²) >= 11 is 0. The number of carboxylic acid groups (broad SMARTS) is 1. The zero-order chi connectivity index (χ0) is 53.3. The van der Waals surface area contributed by atoms with Crippen molar-refractivity contribution in [3.63, 3.8) is 0 Å². The van der Waals surface area contributed by atoms with Crippen molar-refractivity contribution in [2.24, 2.45) is 5.73 Å². The van der Waals surface area contributed by atoms with Gasteiger partial charge in [-0.15, -0.1) is 0 Å². The molecule has 3 aliphatic rings. The van der Waals surface area contributed by atoms with Gasteiger partial charge in [0.25, 0.3) is 5.91 Å². The van der Waals surface area contributed by atoms with Crippen molar-refractivity contribution >= 4 is 51.9 Å². The minimum Gasteiger partial charge on any atom is -0.465 e. The number of anilines is 2. The van der Waals surface area contributed by atoms with E-state index in [1.54, 1.807) is 49.4 Å². The van der Waals surface area contributed by atoms with Crippen molar-refractivity contribution in [2.75, 3.05) is 31.5 Å². The number of ether oxygens (including phenoxy) is 1. The number of carbonyl (C=O) groups excluding carboxylic acids is 2. The second-order valence-corrected chi connectivity index (χ2v) is 20.9. The first-order valence-electron chi connectivity index (χ1n) is 25.7. The summed E-state index contributed by atoms with van der Waals surface area (Å²) in [4.78, 5) is 72.4. The molecular weight excluding hydrogens is 961 g/mol. The average Bonchev–Trinajstić information content (AvgIpc) is 3.86. The summed E-state index contributed by atoms with van der Waals surface area (Å²) in [5.41, 5.74) is 10.8. The first kappa shape index (κ1) is 52.2. The van der Waals surface area contributed by atoms with Crippen LogP contribution in [0.15, 0.2) is 95.9 Å². The fourth-order valence-electron chi connectivity index (χ4n) is 10.9. The normalized spacial score (nSPS) is 18.9. The molecule has 3 atom stereocenters. The van der Waals surface area contributed by atoms with Crippen LogP contribution in [-0.4, -0.2) is 110 Å². The zero-order valence-corrected chi connectivity index (χ0v) is 43.4. The maximum Gasteiger partial charge on any atom is 0.410 e. The predicted octanol–water partition coefficient (Wildman–Crippen LogP) is 9.73. The molecule has 3 amide bonds. The number of amides is 3. The highest BCUT2D eigenvalue weighted by atomic mass is 19.1. The second-order valence-electron chi connectivity index (χ2n) is 20.9. The lowest BCUT2D eigenvalue weighted by molar-refractivity contribution is 0.0172. The van der Waals surface area contributed by atoms with E-state index >= 15 is 0 Å². The number of nitrogens with zero attached hydrogens (tertiary/aromatic N) is 9. The minimum atomic E-state index is -0.837. The van der Waals surface area contributed by atoms with E-state index in [1.807, 2.05) is 81.7 Å². The van der Waals surface area contributed by atoms with Crippen molar-refractivity contribution in [3.05, 3.63) is 141 Å². The summed E-state index contributed by atoms with van der Waals surface area (Å²) in [5, 5.41) is 13.3. The standard InChI is InChI=1S/C46H45F2N9O4.C10H20N2O2/c1-28-39-41(52-43(50-28)51-32-10-6-5-7-11-32)57(34-12-9-22-54(26-34)45(60)61-46(2,3)4)44(59)56(39)33-18-15-29(16-19-33)42(58)53-23-20-35-36-13-8-21-49-40(36)55(38(35)27-53)25-30-14-17-31(47)24-37(30)48;1-3-6-10(2)8(11)5-4-7-12(10)9(13)14/h5-8,10-11,13-19,21,24,34H,9,12,20,22-23,25-27H2,1-4H3,(H,50,51,52);8H,3-7,11H2,1-2H3,(H,13,14). The SMILES string of the molecule is CCCC1(C)C(N)CCCN1C(=O)O.Cc1nc(Nc2ccccc2)nc2c1n(-c1ccc(C(=O)N3CCc4c(n(Cc5ccc(F)cc5F)c5ncccc45)C3)cc1)c(=O)n2C1CCCN(C(=O)OC(C)(C)C)C1. The average molecular weight is 1030 g/mol. The number of hydrogen-bond donors (Lipinski definition) is 3. The minimum absolute atomic E-state index is 0.0210. The van der Waals surface area contributed by atoms with Crippen molar-refractivity contribution in [1.82, 2.24) is 43.4 Å². The number of benzene rings is 3. The van der Waals surface area contributed by atoms with Gasteiger partial charge in [0.05, 0.1) is 36.1 Å². The van der Waals surface area contributed by atoms with Crippen LogP contribution in [0.2, 0.25) is 0 Å². The molecule has 4 aromatic heterocycles. The molecule has 7 aromatic rings. The van der Waals surface area contributed by atoms with Gasteiger partial charge < -0.3 is 40.2 Å². The lowest BCUT2D eigenvalue weighted by Crippen LogP contribution is -2.62. The van der Waals surface area contributed by atoms with Crippen LogP contribution < -0.4 is 16.7 Å². The van der Waals surface area contributed by atoms with Gasteiger partial charge in [-0.3, -0.25) is 13.9 Å². The van der Waals surface area contributed by atoms with Gasteiger partial charge in [-0.05, 0) is 133 Å². The van der Waals surface area contributed by atoms with E-state index in [0.29, 0.717) is 84.2 Å². The number of likely N-dealkylation sites (tertiary alicyclic amines) is 2. The van der Waals surface area contributed by atoms with E-state index in [2.05, 4.69) is 17.2 Å². The fraction of sp³-hybridized carbons (Fsp3) is 0.411. The van der Waals surface area contributed by atoms with E-state index in [0.717, 1.165) is 54.1 Å². The third kappa shape index (κ3) is 10.7. The van der Waals surface area contributed by atoms with Gasteiger partial charge in [-0.1, -0.05) is 37.6 Å². The Balaban J connectivity index is 0.000000428. The van der Waals surface area contributed by atoms with E-state index in [-0.39, 0.29) is 42.8 Å². The van der Waals surface area contributed by atoms with Crippen LogP contribution in [0.3, 0.4) is 0 Å². The topological polar surface area (TPSA) is 199 Å². The number of halogens is 2. The summed E-state index contributed by atoms with van der Waals surface area (Å²) in [6, 6.07) is 23.4. The number of fused-ring (bicyclic) bond motifs is 4. The maximum atomic E-state index is 14.9. The van der Waals surface area contributed by atoms with Gasteiger partial charge in [0, 0.05) is 72.4 Å². The first-order valence-corrected chi connectivity index (χ1v) is 25.7. The van der Waals surface area contributed by atoms with Crippen LogP contribution in [0.25, 0.3) is 27.9 Å². The molecule has 2 fully saturated rings. The van der Waals surface area contributed by atoms with Crippen LogP contribution in [0.4, 0.5) is 30.0 Å². The molecule has 19 heteroatoms. The molecule has 75 heavy (non-hydrogen) atoms. The Labute approximate surface area is 433 Å². The number of aromatic nitrogens is 6. The highest BCUT2D eigenvalue weighted by Gasteiger charge is 2.42. The van der Waals surface area contributed by atoms with Crippen LogP contribution >= 0.6 is 0 Å². The zero-order valence-electron chi connectivity index (χ0n) is 43.4. The number of pyridine rings is 1. The van der Waals surface area contributed by atoms with Gasteiger partial charge in [0.2, 0.25) is 5.95 Å². The number of para-hydroxylation sites is 1. The highest BCUT2D eigenvalue weighted by Crippen LogP contribution is 2.34. The molecule has 0 aliphatic carbocycles. The Morgan fingerprint density at radius 3 is 2.37 bits per heavy atom. The molecule has 7 heterocycles. The number of piperidine rings is 2. The van der Waals surface area contributed by atoms with E-state index in [9.17, 15) is 28.0 Å². The number of aryl methyl sites for hydroxylation is 1. The Morgan fingerprint density at radius 2 is 1.67 bits per heavy atom. The molecule has 394 valence electrons. The Bertz CT molecular complexity index is 3320. The smallest absolute Gasteiger partial charge is 0.410 e. The molecule has 17 nitrogen and oxygen atoms in total. The van der Waals surface area contributed by atoms with Crippen molar-refractivity contribution in [1.29, 1.82) is 0 Å². The number of carbonyl (C=O) groups is 3. The Morgan fingerprint density at radius 1 is 0.920 bits per heavy atom. The van der Waals surface area contributed by atoms with Crippen molar-refractivity contribution in [2.45, 2.75) is 123 Å². The van der Waals surface area contributed by atoms with E-state index in [4.69, 9.17) is 25.5 Å². The molecule has 0 spiro atoms. The highest BCUT2D eigenvalue weighted by molar-refractivity contribution is 5.95. The summed E-state index contributed by atoms with van der Waals surface area (Å²) in [6.07, 6.45) is 5.91. The van der Waals surface area contributed by atoms with Crippen molar-refractivity contribution in [3.8, 4) is 5.69 Å². The lowest BCUT2D eigenvalue weighted by atomic mass is 9.81. The largest absolute Gasteiger partial charge is 0.465 e. The summed E-state index contributed by atoms with van der Waals surface area (Å²) < 4.78 is 39.5. The molecule has 3 unspecified atom stereocenters. The molecule has 2 saturated heterocycles. The third-order valence-electron chi connectivity index (χ3n) is 14.6. The molecule has 0 radical (unpaired) electrons. The van der Waals surface area contributed by atoms with E-state index in [1.165, 1.54) is 17.0 Å². The molecular formula is C56H65F2N11O6. The Hall–Kier alpha value is -7.67. The van der Waals surface area contributed by atoms with Crippen LogP contribution in [0.1, 0.15) is 112 Å². The van der Waals surface area contributed by atoms with E-state index < -0.39 is 35.5 Å². The number of rotatable bonds is 9. The monoisotopic (exact) mass is 1030 g/mol. The summed E-state index contributed by atoms with van der Waals surface area (Å²) in [7, 11) is 0. The summed E-state index contributed by atoms with van der Waals surface area (Å²) in [6.45, 7) is 13.6. The number of hydrogen-bond acceptors (Lipinski definition) is 10. The van der Waals surface area contributed by atoms with Gasteiger partial charge >= 0.3 is 17.9 Å². The van der Waals surface area contributed by atoms with Gasteiger partial charge in [-0.2, -0.15) is 4.98 Å². The Kier molecular flexibility index (Phi) is 14.8. The van der Waals surface area contributed by atoms with Crippen LogP contribution in [0, 0.1) is 18.6 Å². The summed E-state index contributed by atoms with van der Waals surface area (Å²) in [5.74, 6) is -1.18. The van der Waals surface area contributed by atoms with Crippen LogP contribution in [0.5, 0.6) is 0 Å². The molecule has 0 saturated carbocycles. The predicted molar refractivity (Wildman–Crippen MR) is 283 cm³/mol. The van der Waals surface area contributed by atoms with Crippen molar-refractivity contribution < 1.29 is 33.0 Å². The molecule has 10 rings (SSSR count). The number of imidazole rings is 1. The second kappa shape index (κ2) is 21.3. The molecule has 3 aromatic carbocycles. The van der Waals surface area contributed by atoms with Gasteiger partial charge in [0.15, 0.2) is 5.65 Å².